The number of anilines is 1. The summed E-state index contributed by atoms with van der Waals surface area (Å²) in [7, 11) is 0. The topological polar surface area (TPSA) is 64.9 Å². The zero-order chi connectivity index (χ0) is 28.4. The molecule has 1 aliphatic carbocycles. The van der Waals surface area contributed by atoms with Crippen LogP contribution in [0.5, 0.6) is 0 Å². The van der Waals surface area contributed by atoms with Gasteiger partial charge in [0, 0.05) is 23.6 Å². The number of nitrogens with zero attached hydrogens (tertiary/aromatic N) is 2. The molecule has 0 saturated carbocycles. The Hall–Kier alpha value is -3.90. The number of aliphatic hydroxyl groups is 1. The Morgan fingerprint density at radius 2 is 1.77 bits per heavy atom. The first-order chi connectivity index (χ1) is 19.2. The lowest BCUT2D eigenvalue weighted by atomic mass is 9.82. The number of hydrazone groups is 1. The van der Waals surface area contributed by atoms with Crippen LogP contribution in [-0.4, -0.2) is 23.3 Å². The minimum absolute atomic E-state index is 0.216. The predicted molar refractivity (Wildman–Crippen MR) is 159 cm³/mol. The number of carbonyl (C=O) groups excluding carboxylic acids is 1. The molecule has 0 saturated heterocycles. The van der Waals surface area contributed by atoms with Gasteiger partial charge < -0.3 is 10.4 Å². The van der Waals surface area contributed by atoms with Crippen molar-refractivity contribution in [3.05, 3.63) is 123 Å². The van der Waals surface area contributed by atoms with Gasteiger partial charge in [-0.2, -0.15) is 5.10 Å². The highest BCUT2D eigenvalue weighted by Gasteiger charge is 2.46. The number of benzene rings is 3. The second-order valence-corrected chi connectivity index (χ2v) is 10.9. The van der Waals surface area contributed by atoms with Gasteiger partial charge in [0.1, 0.15) is 11.7 Å². The summed E-state index contributed by atoms with van der Waals surface area (Å²) in [5.41, 5.74) is 6.58. The number of hydrogen-bond donors (Lipinski definition) is 2. The molecule has 7 heteroatoms. The molecule has 3 aromatic carbocycles. The van der Waals surface area contributed by atoms with Crippen molar-refractivity contribution in [1.29, 1.82) is 0 Å². The third-order valence-electron chi connectivity index (χ3n) is 7.74. The van der Waals surface area contributed by atoms with Crippen LogP contribution in [0.2, 0.25) is 5.02 Å². The summed E-state index contributed by atoms with van der Waals surface area (Å²) in [4.78, 5) is 14.1. The molecule has 2 aliphatic rings. The van der Waals surface area contributed by atoms with Crippen LogP contribution in [0.4, 0.5) is 10.1 Å². The number of carbonyl (C=O) groups is 1. The van der Waals surface area contributed by atoms with Gasteiger partial charge in [-0.25, -0.2) is 4.39 Å². The van der Waals surface area contributed by atoms with Gasteiger partial charge in [0.25, 0.3) is 0 Å². The maximum absolute atomic E-state index is 15.3. The fourth-order valence-electron chi connectivity index (χ4n) is 5.64. The van der Waals surface area contributed by atoms with E-state index >= 15 is 4.39 Å². The van der Waals surface area contributed by atoms with Crippen LogP contribution in [-0.2, 0) is 4.79 Å². The summed E-state index contributed by atoms with van der Waals surface area (Å²) in [5, 5.41) is 20.2. The lowest BCUT2D eigenvalue weighted by molar-refractivity contribution is -0.123. The van der Waals surface area contributed by atoms with E-state index in [9.17, 15) is 9.90 Å². The maximum Gasteiger partial charge on any atom is 0.231 e. The number of halogens is 2. The third kappa shape index (κ3) is 5.54. The van der Waals surface area contributed by atoms with Gasteiger partial charge >= 0.3 is 0 Å². The van der Waals surface area contributed by atoms with E-state index in [1.807, 2.05) is 68.3 Å². The summed E-state index contributed by atoms with van der Waals surface area (Å²) < 4.78 is 15.3. The monoisotopic (exact) mass is 557 g/mol. The number of hydrogen-bond acceptors (Lipinski definition) is 4. The molecule has 40 heavy (non-hydrogen) atoms. The molecule has 2 atom stereocenters. The Morgan fingerprint density at radius 1 is 1.02 bits per heavy atom. The average Bonchev–Trinajstić information content (AvgIpc) is 3.31. The van der Waals surface area contributed by atoms with E-state index < -0.39 is 17.8 Å². The Balaban J connectivity index is 1.60. The van der Waals surface area contributed by atoms with Crippen molar-refractivity contribution < 1.29 is 14.3 Å². The van der Waals surface area contributed by atoms with E-state index in [4.69, 9.17) is 16.7 Å². The van der Waals surface area contributed by atoms with Crippen LogP contribution in [0.15, 0.2) is 89.2 Å². The first-order valence-electron chi connectivity index (χ1n) is 13.5. The molecule has 2 unspecified atom stereocenters. The van der Waals surface area contributed by atoms with Gasteiger partial charge in [-0.05, 0) is 80.1 Å². The first-order valence-corrected chi connectivity index (χ1v) is 13.9. The van der Waals surface area contributed by atoms with Crippen molar-refractivity contribution in [3.63, 3.8) is 0 Å². The smallest absolute Gasteiger partial charge is 0.231 e. The molecule has 0 bridgehead atoms. The Kier molecular flexibility index (Phi) is 8.08. The van der Waals surface area contributed by atoms with Crippen molar-refractivity contribution in [3.8, 4) is 0 Å². The number of allylic oxidation sites excluding steroid dienone is 3. The Morgan fingerprint density at radius 3 is 2.48 bits per heavy atom. The number of nitrogens with one attached hydrogen (secondary N) is 1. The summed E-state index contributed by atoms with van der Waals surface area (Å²) in [6, 6.07) is 17.6. The van der Waals surface area contributed by atoms with E-state index in [0.29, 0.717) is 41.4 Å². The highest BCUT2D eigenvalue weighted by Crippen LogP contribution is 2.45. The van der Waals surface area contributed by atoms with Crippen LogP contribution < -0.4 is 10.3 Å². The molecule has 1 aliphatic heterocycles. The zero-order valence-corrected chi connectivity index (χ0v) is 23.7. The molecule has 0 spiro atoms. The molecule has 2 N–H and O–H groups in total. The van der Waals surface area contributed by atoms with Crippen molar-refractivity contribution >= 4 is 28.9 Å². The summed E-state index contributed by atoms with van der Waals surface area (Å²) in [6.45, 7) is 6.46. The average molecular weight is 558 g/mol. The second-order valence-electron chi connectivity index (χ2n) is 10.5. The van der Waals surface area contributed by atoms with Crippen LogP contribution in [0.1, 0.15) is 53.1 Å². The maximum atomic E-state index is 15.3. The van der Waals surface area contributed by atoms with Crippen molar-refractivity contribution in [2.24, 2.45) is 11.0 Å². The molecule has 5 rings (SSSR count). The van der Waals surface area contributed by atoms with Gasteiger partial charge in [0.2, 0.25) is 5.91 Å². The Labute approximate surface area is 239 Å². The molecule has 0 radical (unpaired) electrons. The van der Waals surface area contributed by atoms with Crippen LogP contribution in [0.25, 0.3) is 0 Å². The van der Waals surface area contributed by atoms with Crippen molar-refractivity contribution in [1.82, 2.24) is 5.32 Å². The third-order valence-corrected chi connectivity index (χ3v) is 7.97. The fraction of sp³-hybridized carbons (Fsp3) is 0.273. The summed E-state index contributed by atoms with van der Waals surface area (Å²) in [6.07, 6.45) is 5.66. The lowest BCUT2D eigenvalue weighted by Gasteiger charge is -2.31. The van der Waals surface area contributed by atoms with Gasteiger partial charge in [-0.3, -0.25) is 9.80 Å². The zero-order valence-electron chi connectivity index (χ0n) is 22.9. The summed E-state index contributed by atoms with van der Waals surface area (Å²) in [5.74, 6) is -1.05. The second kappa shape index (κ2) is 11.7. The van der Waals surface area contributed by atoms with E-state index in [1.54, 1.807) is 24.3 Å². The number of rotatable bonds is 7. The fourth-order valence-corrected chi connectivity index (χ4v) is 5.81. The molecular weight excluding hydrogens is 525 g/mol. The van der Waals surface area contributed by atoms with Crippen LogP contribution in [0, 0.1) is 32.5 Å². The van der Waals surface area contributed by atoms with E-state index in [0.717, 1.165) is 39.9 Å². The molecule has 0 aromatic heterocycles. The largest absolute Gasteiger partial charge is 0.512 e. The van der Waals surface area contributed by atoms with Crippen molar-refractivity contribution in [2.75, 3.05) is 11.6 Å². The van der Waals surface area contributed by atoms with Gasteiger partial charge in [-0.15, -0.1) is 0 Å². The highest BCUT2D eigenvalue weighted by atomic mass is 35.5. The van der Waals surface area contributed by atoms with Gasteiger partial charge in [0.15, 0.2) is 0 Å². The van der Waals surface area contributed by atoms with Crippen LogP contribution in [0.3, 0.4) is 0 Å². The van der Waals surface area contributed by atoms with Crippen molar-refractivity contribution in [2.45, 2.75) is 46.1 Å². The molecule has 0 fully saturated rings. The number of amides is 1. The molecular formula is C33H33ClFN3O2. The van der Waals surface area contributed by atoms with Gasteiger partial charge in [-0.1, -0.05) is 65.7 Å². The predicted octanol–water partition coefficient (Wildman–Crippen LogP) is 7.65. The minimum Gasteiger partial charge on any atom is -0.512 e. The quantitative estimate of drug-likeness (QED) is 0.313. The first kappa shape index (κ1) is 27.7. The van der Waals surface area contributed by atoms with E-state index in [1.165, 1.54) is 6.07 Å². The molecule has 1 heterocycles. The normalized spacial score (nSPS) is 18.7. The number of aryl methyl sites for hydroxylation is 3. The highest BCUT2D eigenvalue weighted by molar-refractivity contribution is 6.31. The van der Waals surface area contributed by atoms with E-state index in [2.05, 4.69) is 5.32 Å². The lowest BCUT2D eigenvalue weighted by Crippen LogP contribution is -2.40. The molecule has 5 nitrogen and oxygen atoms in total. The standard InChI is InChI=1S/C33H33ClFN3O2/c1-20-11-14-24(34)19-28(20)38-32(29-21(2)7-6-8-22(29)3)30(31(37-38)26-9-4-5-10-27(26)35)33(40)36-18-17-23-12-15-25(39)16-13-23/h4-12,14-15,19,30,32,39H,13,16-18H2,1-3H3,(H,36,40). The Bertz CT molecular complexity index is 1520. The molecule has 3 aromatic rings. The van der Waals surface area contributed by atoms with Gasteiger partial charge in [0.05, 0.1) is 23.2 Å². The van der Waals surface area contributed by atoms with Crippen LogP contribution >= 0.6 is 11.6 Å². The van der Waals surface area contributed by atoms with E-state index in [-0.39, 0.29) is 5.91 Å². The SMILES string of the molecule is Cc1ccc(Cl)cc1N1N=C(c2ccccc2F)C(C(=O)NCCC2=CC=C(O)CC2)C1c1c(C)cccc1C. The summed E-state index contributed by atoms with van der Waals surface area (Å²) >= 11 is 6.44. The molecule has 206 valence electrons. The molecule has 1 amide bonds. The number of aliphatic hydroxyl groups excluding tert-OH is 1. The minimum atomic E-state index is -0.778.